The van der Waals surface area contributed by atoms with Gasteiger partial charge in [-0.1, -0.05) is 6.07 Å². The molecule has 28 heavy (non-hydrogen) atoms. The number of ether oxygens (including phenoxy) is 5. The number of esters is 1. The average molecular weight is 384 g/mol. The number of benzene rings is 2. The summed E-state index contributed by atoms with van der Waals surface area (Å²) in [6.45, 7) is 1.58. The fraction of sp³-hybridized carbons (Fsp3) is 0.238. The summed E-state index contributed by atoms with van der Waals surface area (Å²) in [6.07, 6.45) is 0.831. The Labute approximate surface area is 162 Å². The van der Waals surface area contributed by atoms with Gasteiger partial charge in [0.1, 0.15) is 11.5 Å². The van der Waals surface area contributed by atoms with Crippen LogP contribution >= 0.6 is 0 Å². The van der Waals surface area contributed by atoms with Crippen LogP contribution in [0.5, 0.6) is 23.0 Å². The Kier molecular flexibility index (Phi) is 5.54. The highest BCUT2D eigenvalue weighted by atomic mass is 16.6. The maximum absolute atomic E-state index is 12.5. The van der Waals surface area contributed by atoms with Gasteiger partial charge < -0.3 is 23.7 Å². The van der Waals surface area contributed by atoms with Gasteiger partial charge in [0.05, 0.1) is 26.9 Å². The summed E-state index contributed by atoms with van der Waals surface area (Å²) in [6, 6.07) is 10.1. The lowest BCUT2D eigenvalue weighted by atomic mass is 10.1. The van der Waals surface area contributed by atoms with Crippen LogP contribution in [-0.4, -0.2) is 39.2 Å². The van der Waals surface area contributed by atoms with E-state index in [-0.39, 0.29) is 11.5 Å². The first-order chi connectivity index (χ1) is 13.5. The van der Waals surface area contributed by atoms with Crippen molar-refractivity contribution in [2.24, 2.45) is 0 Å². The molecule has 1 heterocycles. The van der Waals surface area contributed by atoms with Crippen molar-refractivity contribution in [3.63, 3.8) is 0 Å². The van der Waals surface area contributed by atoms with E-state index < -0.39 is 12.1 Å². The normalized spacial score (nSPS) is 14.9. The molecular formula is C21H20O7. The van der Waals surface area contributed by atoms with Crippen LogP contribution in [0.2, 0.25) is 0 Å². The highest BCUT2D eigenvalue weighted by molar-refractivity contribution is 6.14. The van der Waals surface area contributed by atoms with E-state index in [0.717, 1.165) is 0 Å². The van der Waals surface area contributed by atoms with Gasteiger partial charge >= 0.3 is 5.97 Å². The van der Waals surface area contributed by atoms with Gasteiger partial charge in [-0.25, -0.2) is 4.79 Å². The maximum atomic E-state index is 12.5. The van der Waals surface area contributed by atoms with Crippen LogP contribution in [0.1, 0.15) is 22.8 Å². The quantitative estimate of drug-likeness (QED) is 0.559. The molecule has 0 radical (unpaired) electrons. The third-order valence-electron chi connectivity index (χ3n) is 4.20. The summed E-state index contributed by atoms with van der Waals surface area (Å²) in [5.74, 6) is 1.35. The molecule has 0 spiro atoms. The third-order valence-corrected chi connectivity index (χ3v) is 4.20. The smallest absolute Gasteiger partial charge is 0.346 e. The van der Waals surface area contributed by atoms with Gasteiger partial charge in [0.2, 0.25) is 5.78 Å². The lowest BCUT2D eigenvalue weighted by Crippen LogP contribution is -2.25. The second kappa shape index (κ2) is 8.04. The number of carbonyl (C=O) groups is 2. The molecule has 0 bridgehead atoms. The summed E-state index contributed by atoms with van der Waals surface area (Å²) in [7, 11) is 4.33. The minimum absolute atomic E-state index is 0.196. The first-order valence-electron chi connectivity index (χ1n) is 8.51. The van der Waals surface area contributed by atoms with Gasteiger partial charge in [-0.2, -0.15) is 0 Å². The van der Waals surface area contributed by atoms with Crippen LogP contribution in [0.3, 0.4) is 0 Å². The van der Waals surface area contributed by atoms with E-state index in [4.69, 9.17) is 18.9 Å². The van der Waals surface area contributed by atoms with Crippen molar-refractivity contribution in [2.45, 2.75) is 13.0 Å². The molecule has 2 aromatic rings. The molecule has 2 aromatic carbocycles. The number of Topliss-reactive ketones (excluding diaryl/α,β-unsaturated/α-hetero) is 1. The fourth-order valence-corrected chi connectivity index (χ4v) is 2.72. The number of hydrogen-bond acceptors (Lipinski definition) is 7. The number of rotatable bonds is 6. The van der Waals surface area contributed by atoms with E-state index in [0.29, 0.717) is 34.1 Å². The SMILES string of the molecule is COC(=O)[C@@H](C)Oc1ccc(C=C2Oc3cc(OC)ccc3C2=O)cc1OC. The Bertz CT molecular complexity index is 946. The summed E-state index contributed by atoms with van der Waals surface area (Å²) < 4.78 is 26.4. The Balaban J connectivity index is 1.85. The molecule has 0 amide bonds. The van der Waals surface area contributed by atoms with E-state index >= 15 is 0 Å². The van der Waals surface area contributed by atoms with Crippen LogP contribution < -0.4 is 18.9 Å². The first-order valence-corrected chi connectivity index (χ1v) is 8.51. The van der Waals surface area contributed by atoms with Gasteiger partial charge in [-0.3, -0.25) is 4.79 Å². The van der Waals surface area contributed by atoms with Crippen molar-refractivity contribution in [2.75, 3.05) is 21.3 Å². The minimum atomic E-state index is -0.785. The van der Waals surface area contributed by atoms with E-state index in [1.54, 1.807) is 56.5 Å². The monoisotopic (exact) mass is 384 g/mol. The largest absolute Gasteiger partial charge is 0.497 e. The molecule has 3 rings (SSSR count). The zero-order valence-corrected chi connectivity index (χ0v) is 16.0. The van der Waals surface area contributed by atoms with Crippen LogP contribution in [0.25, 0.3) is 6.08 Å². The number of methoxy groups -OCH3 is 3. The summed E-state index contributed by atoms with van der Waals surface area (Å²) >= 11 is 0. The molecule has 146 valence electrons. The molecule has 0 aliphatic carbocycles. The average Bonchev–Trinajstić information content (AvgIpc) is 3.02. The topological polar surface area (TPSA) is 80.3 Å². The van der Waals surface area contributed by atoms with E-state index in [9.17, 15) is 9.59 Å². The number of fused-ring (bicyclic) bond motifs is 1. The van der Waals surface area contributed by atoms with E-state index in [1.807, 2.05) is 0 Å². The summed E-state index contributed by atoms with van der Waals surface area (Å²) in [5, 5.41) is 0. The van der Waals surface area contributed by atoms with Crippen molar-refractivity contribution in [1.29, 1.82) is 0 Å². The predicted octanol–water partition coefficient (Wildman–Crippen LogP) is 3.26. The van der Waals surface area contributed by atoms with Gasteiger partial charge in [0, 0.05) is 6.07 Å². The van der Waals surface area contributed by atoms with Gasteiger partial charge in [-0.05, 0) is 42.8 Å². The van der Waals surface area contributed by atoms with Gasteiger partial charge in [0.25, 0.3) is 0 Å². The van der Waals surface area contributed by atoms with Crippen LogP contribution in [0.4, 0.5) is 0 Å². The Morgan fingerprint density at radius 3 is 2.50 bits per heavy atom. The molecule has 1 aliphatic heterocycles. The summed E-state index contributed by atoms with van der Waals surface area (Å²) in [4.78, 5) is 24.1. The van der Waals surface area contributed by atoms with Crippen LogP contribution in [-0.2, 0) is 9.53 Å². The maximum Gasteiger partial charge on any atom is 0.346 e. The molecule has 7 nitrogen and oxygen atoms in total. The van der Waals surface area contributed by atoms with E-state index in [1.165, 1.54) is 14.2 Å². The molecule has 0 N–H and O–H groups in total. The minimum Gasteiger partial charge on any atom is -0.497 e. The lowest BCUT2D eigenvalue weighted by Gasteiger charge is -2.15. The summed E-state index contributed by atoms with van der Waals surface area (Å²) in [5.41, 5.74) is 1.16. The molecule has 0 aromatic heterocycles. The standard InChI is InChI=1S/C21H20O7/c1-12(21(23)26-4)27-16-8-5-13(9-18(16)25-3)10-19-20(22)15-7-6-14(24-2)11-17(15)28-19/h5-12H,1-4H3/t12-/m1/s1. The molecule has 0 unspecified atom stereocenters. The second-order valence-electron chi connectivity index (χ2n) is 6.00. The van der Waals surface area contributed by atoms with Crippen LogP contribution in [0.15, 0.2) is 42.2 Å². The number of ketones is 1. The molecule has 0 fully saturated rings. The van der Waals surface area contributed by atoms with Crippen molar-refractivity contribution < 1.29 is 33.3 Å². The highest BCUT2D eigenvalue weighted by Crippen LogP contribution is 2.36. The molecule has 1 atom stereocenters. The molecule has 7 heteroatoms. The zero-order valence-electron chi connectivity index (χ0n) is 16.0. The highest BCUT2D eigenvalue weighted by Gasteiger charge is 2.28. The predicted molar refractivity (Wildman–Crippen MR) is 101 cm³/mol. The van der Waals surface area contributed by atoms with Crippen molar-refractivity contribution in [1.82, 2.24) is 0 Å². The van der Waals surface area contributed by atoms with Crippen LogP contribution in [0, 0.1) is 0 Å². The number of hydrogen-bond donors (Lipinski definition) is 0. The fourth-order valence-electron chi connectivity index (χ4n) is 2.72. The Morgan fingerprint density at radius 2 is 1.82 bits per heavy atom. The Hall–Kier alpha value is -3.48. The second-order valence-corrected chi connectivity index (χ2v) is 6.00. The first kappa shape index (κ1) is 19.3. The van der Waals surface area contributed by atoms with Gasteiger partial charge in [-0.15, -0.1) is 0 Å². The van der Waals surface area contributed by atoms with Crippen molar-refractivity contribution >= 4 is 17.8 Å². The molecule has 1 aliphatic rings. The molecule has 0 saturated heterocycles. The van der Waals surface area contributed by atoms with Crippen molar-refractivity contribution in [3.8, 4) is 23.0 Å². The van der Waals surface area contributed by atoms with E-state index in [2.05, 4.69) is 4.74 Å². The molecule has 0 saturated carbocycles. The molecular weight excluding hydrogens is 364 g/mol. The number of allylic oxidation sites excluding steroid dienone is 1. The third kappa shape index (κ3) is 3.78. The Morgan fingerprint density at radius 1 is 1.04 bits per heavy atom. The van der Waals surface area contributed by atoms with Crippen molar-refractivity contribution in [3.05, 3.63) is 53.3 Å². The lowest BCUT2D eigenvalue weighted by molar-refractivity contribution is -0.147. The number of carbonyl (C=O) groups excluding carboxylic acids is 2. The van der Waals surface area contributed by atoms with Gasteiger partial charge in [0.15, 0.2) is 23.4 Å². The zero-order chi connectivity index (χ0) is 20.3.